The summed E-state index contributed by atoms with van der Waals surface area (Å²) in [6.07, 6.45) is 3.82. The van der Waals surface area contributed by atoms with Crippen molar-refractivity contribution in [3.8, 4) is 0 Å². The average molecular weight is 445 g/mol. The minimum Gasteiger partial charge on any atom is -0.323 e. The van der Waals surface area contributed by atoms with Crippen LogP contribution in [-0.2, 0) is 21.9 Å². The summed E-state index contributed by atoms with van der Waals surface area (Å²) in [6, 6.07) is 4.35. The quantitative estimate of drug-likeness (QED) is 0.784. The number of amides is 1. The summed E-state index contributed by atoms with van der Waals surface area (Å²) in [5.74, 6) is -1.49. The molecule has 0 radical (unpaired) electrons. The van der Waals surface area contributed by atoms with Gasteiger partial charge in [-0.15, -0.1) is 0 Å². The maximum absolute atomic E-state index is 13.9. The number of anilines is 1. The van der Waals surface area contributed by atoms with Crippen LogP contribution in [0.1, 0.15) is 12.8 Å². The second-order valence-corrected chi connectivity index (χ2v) is 9.02. The van der Waals surface area contributed by atoms with Crippen LogP contribution in [0.5, 0.6) is 0 Å². The standard InChI is InChI=1S/C16H18BrFN4O3S/c1-21-10-13(8-19-21)26(24,25)22-6-2-3-11(9-22)16(23)20-15-5-4-12(17)7-14(15)18/h4-5,7-8,10-11H,2-3,6,9H2,1H3,(H,20,23)/t11-/m0/s1. The number of hydrogen-bond donors (Lipinski definition) is 1. The van der Waals surface area contributed by atoms with Gasteiger partial charge in [-0.3, -0.25) is 9.48 Å². The fraction of sp³-hybridized carbons (Fsp3) is 0.375. The van der Waals surface area contributed by atoms with Crippen molar-refractivity contribution in [1.82, 2.24) is 14.1 Å². The molecule has 26 heavy (non-hydrogen) atoms. The van der Waals surface area contributed by atoms with Crippen LogP contribution in [0.25, 0.3) is 0 Å². The number of piperidine rings is 1. The molecule has 0 spiro atoms. The molecule has 0 bridgehead atoms. The lowest BCUT2D eigenvalue weighted by Gasteiger charge is -2.30. The SMILES string of the molecule is Cn1cc(S(=O)(=O)N2CCC[C@H](C(=O)Nc3ccc(Br)cc3F)C2)cn1. The predicted octanol–water partition coefficient (Wildman–Crippen LogP) is 2.36. The highest BCUT2D eigenvalue weighted by Gasteiger charge is 2.34. The van der Waals surface area contributed by atoms with Gasteiger partial charge in [0.15, 0.2) is 0 Å². The van der Waals surface area contributed by atoms with Gasteiger partial charge in [0.05, 0.1) is 17.8 Å². The summed E-state index contributed by atoms with van der Waals surface area (Å²) in [4.78, 5) is 12.6. The third-order valence-electron chi connectivity index (χ3n) is 4.26. The number of sulfonamides is 1. The van der Waals surface area contributed by atoms with Crippen LogP contribution in [0, 0.1) is 11.7 Å². The Morgan fingerprint density at radius 2 is 2.19 bits per heavy atom. The Morgan fingerprint density at radius 1 is 1.42 bits per heavy atom. The van der Waals surface area contributed by atoms with E-state index in [1.165, 1.54) is 33.5 Å². The van der Waals surface area contributed by atoms with Gasteiger partial charge in [-0.2, -0.15) is 9.40 Å². The molecular weight excluding hydrogens is 427 g/mol. The van der Waals surface area contributed by atoms with E-state index in [1.54, 1.807) is 13.1 Å². The molecule has 1 aliphatic heterocycles. The predicted molar refractivity (Wildman–Crippen MR) is 97.4 cm³/mol. The van der Waals surface area contributed by atoms with E-state index in [0.717, 1.165) is 0 Å². The van der Waals surface area contributed by atoms with Crippen molar-refractivity contribution in [1.29, 1.82) is 0 Å². The number of hydrogen-bond acceptors (Lipinski definition) is 4. The number of nitrogens with zero attached hydrogens (tertiary/aromatic N) is 3. The van der Waals surface area contributed by atoms with Crippen molar-refractivity contribution < 1.29 is 17.6 Å². The first-order chi connectivity index (χ1) is 12.3. The Bertz CT molecular complexity index is 931. The zero-order valence-electron chi connectivity index (χ0n) is 14.0. The summed E-state index contributed by atoms with van der Waals surface area (Å²) < 4.78 is 42.6. The summed E-state index contributed by atoms with van der Waals surface area (Å²) in [7, 11) is -2.07. The van der Waals surface area contributed by atoms with Gasteiger partial charge in [0, 0.05) is 30.8 Å². The summed E-state index contributed by atoms with van der Waals surface area (Å²) >= 11 is 3.16. The number of nitrogens with one attached hydrogen (secondary N) is 1. The Balaban J connectivity index is 1.72. The van der Waals surface area contributed by atoms with E-state index in [-0.39, 0.29) is 17.1 Å². The van der Waals surface area contributed by atoms with Gasteiger partial charge in [-0.25, -0.2) is 12.8 Å². The molecule has 2 aromatic rings. The molecule has 2 heterocycles. The Morgan fingerprint density at radius 3 is 2.85 bits per heavy atom. The largest absolute Gasteiger partial charge is 0.323 e. The molecule has 0 unspecified atom stereocenters. The second-order valence-electron chi connectivity index (χ2n) is 6.17. The first kappa shape index (κ1) is 19.0. The highest BCUT2D eigenvalue weighted by atomic mass is 79.9. The van der Waals surface area contributed by atoms with Gasteiger partial charge < -0.3 is 5.32 Å². The van der Waals surface area contributed by atoms with Gasteiger partial charge in [0.1, 0.15) is 10.7 Å². The number of carbonyl (C=O) groups excluding carboxylic acids is 1. The Labute approximate surface area is 159 Å². The Hall–Kier alpha value is -1.78. The van der Waals surface area contributed by atoms with Crippen LogP contribution in [0.2, 0.25) is 0 Å². The first-order valence-electron chi connectivity index (χ1n) is 8.02. The molecule has 0 aliphatic carbocycles. The maximum Gasteiger partial charge on any atom is 0.246 e. The third-order valence-corrected chi connectivity index (χ3v) is 6.57. The smallest absolute Gasteiger partial charge is 0.246 e. The molecule has 10 heteroatoms. The molecule has 1 amide bonds. The van der Waals surface area contributed by atoms with E-state index < -0.39 is 27.7 Å². The second kappa shape index (κ2) is 7.45. The van der Waals surface area contributed by atoms with Crippen molar-refractivity contribution in [2.75, 3.05) is 18.4 Å². The lowest BCUT2D eigenvalue weighted by atomic mass is 9.98. The highest BCUT2D eigenvalue weighted by molar-refractivity contribution is 9.10. The van der Waals surface area contributed by atoms with Crippen molar-refractivity contribution in [3.05, 3.63) is 40.9 Å². The Kier molecular flexibility index (Phi) is 5.44. The lowest BCUT2D eigenvalue weighted by Crippen LogP contribution is -2.43. The van der Waals surface area contributed by atoms with Crippen LogP contribution in [0.4, 0.5) is 10.1 Å². The monoisotopic (exact) mass is 444 g/mol. The van der Waals surface area contributed by atoms with Gasteiger partial charge in [-0.1, -0.05) is 15.9 Å². The van der Waals surface area contributed by atoms with Gasteiger partial charge >= 0.3 is 0 Å². The van der Waals surface area contributed by atoms with Crippen molar-refractivity contribution in [3.63, 3.8) is 0 Å². The minimum atomic E-state index is -3.70. The molecule has 1 saturated heterocycles. The zero-order chi connectivity index (χ0) is 18.9. The van der Waals surface area contributed by atoms with Crippen molar-refractivity contribution in [2.24, 2.45) is 13.0 Å². The number of rotatable bonds is 4. The fourth-order valence-electron chi connectivity index (χ4n) is 2.88. The number of halogens is 2. The maximum atomic E-state index is 13.9. The molecule has 1 N–H and O–H groups in total. The van der Waals surface area contributed by atoms with Crippen LogP contribution in [0.3, 0.4) is 0 Å². The molecule has 1 fully saturated rings. The topological polar surface area (TPSA) is 84.3 Å². The summed E-state index contributed by atoms with van der Waals surface area (Å²) in [6.45, 7) is 0.398. The molecule has 140 valence electrons. The molecule has 1 aliphatic rings. The number of carbonyl (C=O) groups is 1. The number of aromatic nitrogens is 2. The number of aryl methyl sites for hydroxylation is 1. The van der Waals surface area contributed by atoms with Gasteiger partial charge in [0.2, 0.25) is 15.9 Å². The molecule has 0 saturated carbocycles. The van der Waals surface area contributed by atoms with E-state index in [0.29, 0.717) is 23.9 Å². The summed E-state index contributed by atoms with van der Waals surface area (Å²) in [5, 5.41) is 6.44. The van der Waals surface area contributed by atoms with Crippen LogP contribution in [-0.4, -0.2) is 41.5 Å². The van der Waals surface area contributed by atoms with E-state index >= 15 is 0 Å². The highest BCUT2D eigenvalue weighted by Crippen LogP contribution is 2.25. The van der Waals surface area contributed by atoms with Gasteiger partial charge in [-0.05, 0) is 31.0 Å². The molecular formula is C16H18BrFN4O3S. The molecule has 1 aromatic heterocycles. The average Bonchev–Trinajstić information content (AvgIpc) is 3.05. The van der Waals surface area contributed by atoms with Gasteiger partial charge in [0.25, 0.3) is 0 Å². The molecule has 1 atom stereocenters. The van der Waals surface area contributed by atoms with E-state index in [2.05, 4.69) is 26.3 Å². The van der Waals surface area contributed by atoms with E-state index in [4.69, 9.17) is 0 Å². The zero-order valence-corrected chi connectivity index (χ0v) is 16.4. The molecule has 1 aromatic carbocycles. The van der Waals surface area contributed by atoms with Crippen LogP contribution < -0.4 is 5.32 Å². The number of benzene rings is 1. The van der Waals surface area contributed by atoms with Crippen LogP contribution >= 0.6 is 15.9 Å². The summed E-state index contributed by atoms with van der Waals surface area (Å²) in [5.41, 5.74) is 0.0745. The fourth-order valence-corrected chi connectivity index (χ4v) is 4.72. The molecule has 7 nitrogen and oxygen atoms in total. The van der Waals surface area contributed by atoms with E-state index in [1.807, 2.05) is 0 Å². The minimum absolute atomic E-state index is 0.0568. The molecule has 3 rings (SSSR count). The van der Waals surface area contributed by atoms with Crippen LogP contribution in [0.15, 0.2) is 40.0 Å². The van der Waals surface area contributed by atoms with Crippen molar-refractivity contribution in [2.45, 2.75) is 17.7 Å². The lowest BCUT2D eigenvalue weighted by molar-refractivity contribution is -0.120. The first-order valence-corrected chi connectivity index (χ1v) is 10.3. The van der Waals surface area contributed by atoms with E-state index in [9.17, 15) is 17.6 Å². The van der Waals surface area contributed by atoms with Crippen molar-refractivity contribution >= 4 is 37.5 Å². The third kappa shape index (κ3) is 3.97. The normalized spacial score (nSPS) is 18.7.